The van der Waals surface area contributed by atoms with E-state index in [1.165, 1.54) is 0 Å². The Morgan fingerprint density at radius 1 is 1.27 bits per heavy atom. The number of hydrogen-bond acceptors (Lipinski definition) is 1. The van der Waals surface area contributed by atoms with Crippen molar-refractivity contribution in [1.29, 1.82) is 0 Å². The summed E-state index contributed by atoms with van der Waals surface area (Å²) in [5.41, 5.74) is 1.04. The molecule has 0 heterocycles. The minimum atomic E-state index is 0.815. The first kappa shape index (κ1) is 10.1. The standard InChI is InChI=1S/C9H16N2/c1-5-6-7-10-9(4)11-8(2)3/h6-7H,5H2,1-4H3/b7-6+,10-9-. The molecule has 0 saturated heterocycles. The van der Waals surface area contributed by atoms with Gasteiger partial charge in [-0.2, -0.15) is 0 Å². The van der Waals surface area contributed by atoms with E-state index < -0.39 is 0 Å². The van der Waals surface area contributed by atoms with Crippen molar-refractivity contribution in [2.45, 2.75) is 34.1 Å². The van der Waals surface area contributed by atoms with Crippen LogP contribution in [0.4, 0.5) is 0 Å². The largest absolute Gasteiger partial charge is 0.243 e. The van der Waals surface area contributed by atoms with Crippen LogP contribution >= 0.6 is 0 Å². The molecule has 0 saturated carbocycles. The van der Waals surface area contributed by atoms with Crippen LogP contribution in [0.3, 0.4) is 0 Å². The molecule has 2 nitrogen and oxygen atoms in total. The number of amidine groups is 1. The second kappa shape index (κ2) is 5.83. The monoisotopic (exact) mass is 152 g/mol. The molecule has 62 valence electrons. The number of allylic oxidation sites excluding steroid dienone is 1. The van der Waals surface area contributed by atoms with Gasteiger partial charge in [-0.05, 0) is 27.2 Å². The van der Waals surface area contributed by atoms with Gasteiger partial charge >= 0.3 is 0 Å². The molecule has 0 unspecified atom stereocenters. The highest BCUT2D eigenvalue weighted by molar-refractivity contribution is 5.94. The second-order valence-electron chi connectivity index (χ2n) is 2.53. The summed E-state index contributed by atoms with van der Waals surface area (Å²) >= 11 is 0. The summed E-state index contributed by atoms with van der Waals surface area (Å²) in [6, 6.07) is 0. The summed E-state index contributed by atoms with van der Waals surface area (Å²) in [5, 5.41) is 0. The van der Waals surface area contributed by atoms with Gasteiger partial charge in [-0.15, -0.1) is 0 Å². The molecule has 0 radical (unpaired) electrons. The van der Waals surface area contributed by atoms with E-state index in [1.807, 2.05) is 26.8 Å². The fourth-order valence-corrected chi connectivity index (χ4v) is 0.618. The average molecular weight is 152 g/mol. The quantitative estimate of drug-likeness (QED) is 0.429. The predicted molar refractivity (Wildman–Crippen MR) is 51.3 cm³/mol. The smallest absolute Gasteiger partial charge is 0.125 e. The van der Waals surface area contributed by atoms with Crippen LogP contribution in [0.15, 0.2) is 22.3 Å². The maximum Gasteiger partial charge on any atom is 0.125 e. The SMILES string of the molecule is CC/C=C/N=C(/C)N=C(C)C. The lowest BCUT2D eigenvalue weighted by molar-refractivity contribution is 1.21. The Morgan fingerprint density at radius 3 is 2.36 bits per heavy atom. The number of rotatable bonds is 2. The van der Waals surface area contributed by atoms with Gasteiger partial charge < -0.3 is 0 Å². The lowest BCUT2D eigenvalue weighted by atomic mass is 10.5. The van der Waals surface area contributed by atoms with E-state index in [4.69, 9.17) is 0 Å². The molecule has 11 heavy (non-hydrogen) atoms. The molecule has 0 N–H and O–H groups in total. The summed E-state index contributed by atoms with van der Waals surface area (Å²) in [6.07, 6.45) is 4.82. The number of hydrogen-bond donors (Lipinski definition) is 0. The summed E-state index contributed by atoms with van der Waals surface area (Å²) in [4.78, 5) is 8.27. The zero-order valence-electron chi connectivity index (χ0n) is 7.76. The van der Waals surface area contributed by atoms with Crippen molar-refractivity contribution < 1.29 is 0 Å². The van der Waals surface area contributed by atoms with Crippen molar-refractivity contribution in [1.82, 2.24) is 0 Å². The van der Waals surface area contributed by atoms with Crippen molar-refractivity contribution in [3.63, 3.8) is 0 Å². The molecule has 0 amide bonds. The Bertz CT molecular complexity index is 184. The van der Waals surface area contributed by atoms with Crippen LogP contribution in [-0.2, 0) is 0 Å². The van der Waals surface area contributed by atoms with E-state index in [0.717, 1.165) is 18.0 Å². The molecule has 0 fully saturated rings. The van der Waals surface area contributed by atoms with Crippen molar-refractivity contribution >= 4 is 11.5 Å². The second-order valence-corrected chi connectivity index (χ2v) is 2.53. The van der Waals surface area contributed by atoms with Gasteiger partial charge in [0.25, 0.3) is 0 Å². The summed E-state index contributed by atoms with van der Waals surface area (Å²) < 4.78 is 0. The van der Waals surface area contributed by atoms with Gasteiger partial charge in [0.15, 0.2) is 0 Å². The fraction of sp³-hybridized carbons (Fsp3) is 0.556. The van der Waals surface area contributed by atoms with Gasteiger partial charge in [-0.1, -0.05) is 13.0 Å². The maximum absolute atomic E-state index is 4.16. The molecule has 0 spiro atoms. The van der Waals surface area contributed by atoms with Crippen LogP contribution in [0.25, 0.3) is 0 Å². The zero-order chi connectivity index (χ0) is 8.69. The van der Waals surface area contributed by atoms with E-state index in [-0.39, 0.29) is 0 Å². The Hall–Kier alpha value is -0.920. The average Bonchev–Trinajstić information content (AvgIpc) is 1.86. The van der Waals surface area contributed by atoms with Gasteiger partial charge in [-0.3, -0.25) is 0 Å². The van der Waals surface area contributed by atoms with Crippen molar-refractivity contribution in [2.24, 2.45) is 9.98 Å². The number of nitrogens with zero attached hydrogens (tertiary/aromatic N) is 2. The van der Waals surface area contributed by atoms with Crippen LogP contribution < -0.4 is 0 Å². The molecule has 0 aromatic rings. The van der Waals surface area contributed by atoms with Crippen LogP contribution in [0.2, 0.25) is 0 Å². The van der Waals surface area contributed by atoms with Gasteiger partial charge in [0, 0.05) is 11.9 Å². The molecule has 0 rings (SSSR count). The lowest BCUT2D eigenvalue weighted by Crippen LogP contribution is -1.89. The zero-order valence-corrected chi connectivity index (χ0v) is 7.76. The summed E-state index contributed by atoms with van der Waals surface area (Å²) in [5.74, 6) is 0.815. The topological polar surface area (TPSA) is 24.7 Å². The normalized spacial score (nSPS) is 12.2. The highest BCUT2D eigenvalue weighted by Gasteiger charge is 1.81. The highest BCUT2D eigenvalue weighted by atomic mass is 14.9. The first-order valence-corrected chi connectivity index (χ1v) is 3.88. The Kier molecular flexibility index (Phi) is 5.35. The van der Waals surface area contributed by atoms with Gasteiger partial charge in [0.05, 0.1) is 0 Å². The molecule has 0 aliphatic rings. The molecule has 0 aliphatic carbocycles. The molecular weight excluding hydrogens is 136 g/mol. The predicted octanol–water partition coefficient (Wildman–Crippen LogP) is 2.81. The van der Waals surface area contributed by atoms with E-state index >= 15 is 0 Å². The lowest BCUT2D eigenvalue weighted by Gasteiger charge is -1.89. The Morgan fingerprint density at radius 2 is 1.91 bits per heavy atom. The fourth-order valence-electron chi connectivity index (χ4n) is 0.618. The third-order valence-corrected chi connectivity index (χ3v) is 0.988. The van der Waals surface area contributed by atoms with E-state index in [1.54, 1.807) is 6.20 Å². The van der Waals surface area contributed by atoms with E-state index in [2.05, 4.69) is 16.9 Å². The molecular formula is C9H16N2. The van der Waals surface area contributed by atoms with Crippen LogP contribution in [-0.4, -0.2) is 11.5 Å². The van der Waals surface area contributed by atoms with Crippen molar-refractivity contribution in [2.75, 3.05) is 0 Å². The summed E-state index contributed by atoms with van der Waals surface area (Å²) in [7, 11) is 0. The first-order chi connectivity index (χ1) is 5.16. The van der Waals surface area contributed by atoms with Gasteiger partial charge in [-0.25, -0.2) is 9.98 Å². The molecule has 0 aliphatic heterocycles. The Balaban J connectivity index is 4.01. The van der Waals surface area contributed by atoms with Crippen molar-refractivity contribution in [3.05, 3.63) is 12.3 Å². The van der Waals surface area contributed by atoms with Crippen LogP contribution in [0.5, 0.6) is 0 Å². The Labute approximate surface area is 68.8 Å². The summed E-state index contributed by atoms with van der Waals surface area (Å²) in [6.45, 7) is 7.90. The maximum atomic E-state index is 4.16. The molecule has 2 heteroatoms. The van der Waals surface area contributed by atoms with Crippen LogP contribution in [0, 0.1) is 0 Å². The first-order valence-electron chi connectivity index (χ1n) is 3.88. The molecule has 0 aromatic carbocycles. The highest BCUT2D eigenvalue weighted by Crippen LogP contribution is 1.86. The van der Waals surface area contributed by atoms with E-state index in [9.17, 15) is 0 Å². The third-order valence-electron chi connectivity index (χ3n) is 0.988. The molecule has 0 aromatic heterocycles. The number of aliphatic imine (C=N–C) groups is 2. The van der Waals surface area contributed by atoms with Crippen molar-refractivity contribution in [3.8, 4) is 0 Å². The van der Waals surface area contributed by atoms with Gasteiger partial charge in [0.2, 0.25) is 0 Å². The van der Waals surface area contributed by atoms with E-state index in [0.29, 0.717) is 0 Å². The minimum Gasteiger partial charge on any atom is -0.243 e. The third kappa shape index (κ3) is 6.97. The van der Waals surface area contributed by atoms with Crippen LogP contribution in [0.1, 0.15) is 34.1 Å². The molecule has 0 atom stereocenters. The van der Waals surface area contributed by atoms with Gasteiger partial charge in [0.1, 0.15) is 5.84 Å². The minimum absolute atomic E-state index is 0.815. The molecule has 0 bridgehead atoms.